The van der Waals surface area contributed by atoms with Crippen LogP contribution in [-0.4, -0.2) is 20.6 Å². The molecule has 0 spiro atoms. The Morgan fingerprint density at radius 3 is 2.20 bits per heavy atom. The lowest BCUT2D eigenvalue weighted by molar-refractivity contribution is 0.217. The van der Waals surface area contributed by atoms with Crippen molar-refractivity contribution in [1.82, 2.24) is 0 Å². The minimum atomic E-state index is -2.01. The summed E-state index contributed by atoms with van der Waals surface area (Å²) in [6.45, 7) is 17.1. The van der Waals surface area contributed by atoms with E-state index >= 15 is 0 Å². The Labute approximate surface area is 93.0 Å². The maximum atomic E-state index is 8.88. The molecule has 0 aromatic carbocycles. The third-order valence-electron chi connectivity index (χ3n) is 2.81. The summed E-state index contributed by atoms with van der Waals surface area (Å²) in [5.74, 6) is 0. The smallest absolute Gasteiger partial charge is 0.313 e. The van der Waals surface area contributed by atoms with Gasteiger partial charge in [0.1, 0.15) is 6.07 Å². The summed E-state index contributed by atoms with van der Waals surface area (Å²) in [5, 5.41) is 8.90. The van der Waals surface area contributed by atoms with Gasteiger partial charge in [-0.3, -0.25) is 10.6 Å². The SMILES string of the molecule is [C-]#[N+][C@H](N)[C@@H](C#N)O[Si](C)(C)C(C)(C)C. The molecule has 0 heterocycles. The van der Waals surface area contributed by atoms with Gasteiger partial charge in [0.15, 0.2) is 8.32 Å². The first-order valence-electron chi connectivity index (χ1n) is 4.85. The van der Waals surface area contributed by atoms with Crippen LogP contribution >= 0.6 is 0 Å². The molecular weight excluding hydrogens is 206 g/mol. The number of hydrogen-bond acceptors (Lipinski definition) is 3. The fourth-order valence-corrected chi connectivity index (χ4v) is 1.91. The van der Waals surface area contributed by atoms with Crippen LogP contribution in [0, 0.1) is 17.9 Å². The van der Waals surface area contributed by atoms with Crippen molar-refractivity contribution in [2.45, 2.75) is 51.2 Å². The van der Waals surface area contributed by atoms with E-state index in [0.717, 1.165) is 0 Å². The first kappa shape index (κ1) is 14.1. The Hall–Kier alpha value is -0.883. The van der Waals surface area contributed by atoms with Crippen LogP contribution in [0.3, 0.4) is 0 Å². The molecule has 0 aromatic heterocycles. The van der Waals surface area contributed by atoms with Gasteiger partial charge in [-0.15, -0.1) is 0 Å². The molecule has 2 N–H and O–H groups in total. The number of rotatable bonds is 3. The Morgan fingerprint density at radius 2 is 1.93 bits per heavy atom. The van der Waals surface area contributed by atoms with Gasteiger partial charge < -0.3 is 4.43 Å². The van der Waals surface area contributed by atoms with Gasteiger partial charge in [-0.25, -0.2) is 6.57 Å². The zero-order chi connectivity index (χ0) is 12.3. The Bertz CT molecular complexity index is 295. The molecule has 15 heavy (non-hydrogen) atoms. The van der Waals surface area contributed by atoms with Crippen LogP contribution in [0.1, 0.15) is 20.8 Å². The summed E-state index contributed by atoms with van der Waals surface area (Å²) in [6, 6.07) is 1.95. The molecule has 0 saturated carbocycles. The minimum Gasteiger partial charge on any atom is -0.394 e. The van der Waals surface area contributed by atoms with Crippen molar-refractivity contribution in [1.29, 1.82) is 5.26 Å². The van der Waals surface area contributed by atoms with E-state index in [4.69, 9.17) is 22.0 Å². The second kappa shape index (κ2) is 4.76. The van der Waals surface area contributed by atoms with Crippen LogP contribution in [0.25, 0.3) is 4.85 Å². The van der Waals surface area contributed by atoms with Gasteiger partial charge >= 0.3 is 6.17 Å². The maximum Gasteiger partial charge on any atom is 0.313 e. The third-order valence-corrected chi connectivity index (χ3v) is 7.27. The van der Waals surface area contributed by atoms with Crippen molar-refractivity contribution in [3.05, 3.63) is 11.4 Å². The fourth-order valence-electron chi connectivity index (χ4n) is 0.734. The van der Waals surface area contributed by atoms with Crippen molar-refractivity contribution in [3.8, 4) is 6.07 Å². The third kappa shape index (κ3) is 3.64. The lowest BCUT2D eigenvalue weighted by Crippen LogP contribution is -2.47. The number of nitrogens with two attached hydrogens (primary N) is 1. The summed E-state index contributed by atoms with van der Waals surface area (Å²) in [6.07, 6.45) is -1.70. The molecule has 0 radical (unpaired) electrons. The highest BCUT2D eigenvalue weighted by Gasteiger charge is 2.41. The zero-order valence-corrected chi connectivity index (χ0v) is 11.0. The number of hydrogen-bond donors (Lipinski definition) is 1. The zero-order valence-electron chi connectivity index (χ0n) is 10.0. The largest absolute Gasteiger partial charge is 0.394 e. The summed E-state index contributed by atoms with van der Waals surface area (Å²) in [7, 11) is -2.01. The number of nitrogens with zero attached hydrogens (tertiary/aromatic N) is 2. The van der Waals surface area contributed by atoms with Gasteiger partial charge in [-0.2, -0.15) is 5.26 Å². The minimum absolute atomic E-state index is 0.0177. The van der Waals surface area contributed by atoms with Crippen LogP contribution in [0.5, 0.6) is 0 Å². The molecule has 0 aliphatic rings. The normalized spacial score (nSPS) is 16.3. The van der Waals surface area contributed by atoms with E-state index in [1.807, 2.05) is 19.2 Å². The molecule has 0 amide bonds. The average Bonchev–Trinajstić information content (AvgIpc) is 2.11. The first-order valence-corrected chi connectivity index (χ1v) is 7.76. The van der Waals surface area contributed by atoms with E-state index in [1.165, 1.54) is 0 Å². The highest BCUT2D eigenvalue weighted by atomic mass is 28.4. The van der Waals surface area contributed by atoms with E-state index in [2.05, 4.69) is 25.6 Å². The highest BCUT2D eigenvalue weighted by molar-refractivity contribution is 6.74. The van der Waals surface area contributed by atoms with E-state index in [1.54, 1.807) is 0 Å². The Balaban J connectivity index is 4.73. The molecule has 0 rings (SSSR count). The molecule has 5 heteroatoms. The summed E-state index contributed by atoms with van der Waals surface area (Å²) >= 11 is 0. The molecule has 0 bridgehead atoms. The van der Waals surface area contributed by atoms with Crippen LogP contribution in [0.4, 0.5) is 0 Å². The quantitative estimate of drug-likeness (QED) is 0.591. The average molecular weight is 225 g/mol. The lowest BCUT2D eigenvalue weighted by atomic mass is 10.2. The van der Waals surface area contributed by atoms with E-state index < -0.39 is 20.6 Å². The van der Waals surface area contributed by atoms with Crippen LogP contribution in [0.2, 0.25) is 18.1 Å². The van der Waals surface area contributed by atoms with Gasteiger partial charge in [0, 0.05) is 0 Å². The molecule has 84 valence electrons. The monoisotopic (exact) mass is 225 g/mol. The predicted molar refractivity (Wildman–Crippen MR) is 62.3 cm³/mol. The van der Waals surface area contributed by atoms with Crippen molar-refractivity contribution >= 4 is 8.32 Å². The summed E-state index contributed by atoms with van der Waals surface area (Å²) in [4.78, 5) is 3.13. The Kier molecular flexibility index (Phi) is 4.48. The van der Waals surface area contributed by atoms with Crippen molar-refractivity contribution in [2.24, 2.45) is 5.73 Å². The molecule has 4 nitrogen and oxygen atoms in total. The Morgan fingerprint density at radius 1 is 1.47 bits per heavy atom. The lowest BCUT2D eigenvalue weighted by Gasteiger charge is -2.37. The standard InChI is InChI=1S/C10H19N3OSi/c1-10(2,3)15(5,6)14-8(7-11)9(12)13-4/h8-9H,12H2,1-3,5-6H3/t8-,9+/m1/s1. The maximum absolute atomic E-state index is 8.88. The molecule has 0 aliphatic heterocycles. The fraction of sp³-hybridized carbons (Fsp3) is 0.800. The number of nitriles is 1. The van der Waals surface area contributed by atoms with Crippen LogP contribution in [0.15, 0.2) is 0 Å². The molecule has 0 saturated heterocycles. The first-order chi connectivity index (χ1) is 6.65. The van der Waals surface area contributed by atoms with Crippen molar-refractivity contribution < 1.29 is 4.43 Å². The van der Waals surface area contributed by atoms with Crippen molar-refractivity contribution in [3.63, 3.8) is 0 Å². The summed E-state index contributed by atoms with van der Waals surface area (Å²) in [5.41, 5.74) is 5.50. The summed E-state index contributed by atoms with van der Waals surface area (Å²) < 4.78 is 5.74. The van der Waals surface area contributed by atoms with Gasteiger partial charge in [0.05, 0.1) is 0 Å². The van der Waals surface area contributed by atoms with Gasteiger partial charge in [0.2, 0.25) is 6.10 Å². The van der Waals surface area contributed by atoms with Crippen LogP contribution in [-0.2, 0) is 4.43 Å². The van der Waals surface area contributed by atoms with E-state index in [-0.39, 0.29) is 5.04 Å². The van der Waals surface area contributed by atoms with Crippen molar-refractivity contribution in [2.75, 3.05) is 0 Å². The second-order valence-electron chi connectivity index (χ2n) is 5.05. The molecule has 0 fully saturated rings. The van der Waals surface area contributed by atoms with E-state index in [9.17, 15) is 0 Å². The van der Waals surface area contributed by atoms with E-state index in [0.29, 0.717) is 0 Å². The molecule has 0 aliphatic carbocycles. The second-order valence-corrected chi connectivity index (χ2v) is 9.80. The highest BCUT2D eigenvalue weighted by Crippen LogP contribution is 2.37. The predicted octanol–water partition coefficient (Wildman–Crippen LogP) is 2.10. The molecular formula is C10H19N3OSi. The molecule has 0 unspecified atom stereocenters. The van der Waals surface area contributed by atoms with Crippen LogP contribution < -0.4 is 5.73 Å². The van der Waals surface area contributed by atoms with Gasteiger partial charge in [-0.1, -0.05) is 20.8 Å². The van der Waals surface area contributed by atoms with Gasteiger partial charge in [-0.05, 0) is 18.1 Å². The topological polar surface area (TPSA) is 63.4 Å². The molecule has 0 aromatic rings. The molecule has 2 atom stereocenters. The van der Waals surface area contributed by atoms with Gasteiger partial charge in [0.25, 0.3) is 0 Å².